The molecule has 47 heavy (non-hydrogen) atoms. The number of unbranched alkanes of at least 4 members (excludes halogenated alkanes) is 24. The first-order chi connectivity index (χ1) is 23.1. The molecule has 0 radical (unpaired) electrons. The highest BCUT2D eigenvalue weighted by Gasteiger charge is 2.27. The van der Waals surface area contributed by atoms with E-state index in [9.17, 15) is 10.2 Å². The van der Waals surface area contributed by atoms with Crippen LogP contribution in [0.4, 0.5) is 0 Å². The van der Waals surface area contributed by atoms with Gasteiger partial charge in [-0.1, -0.05) is 182 Å². The van der Waals surface area contributed by atoms with E-state index in [1.807, 2.05) is 0 Å². The molecule has 0 aliphatic heterocycles. The monoisotopic (exact) mass is 663 g/mol. The molecule has 0 heterocycles. The van der Waals surface area contributed by atoms with Crippen molar-refractivity contribution in [2.75, 3.05) is 19.8 Å². The van der Waals surface area contributed by atoms with Gasteiger partial charge in [-0.3, -0.25) is 0 Å². The van der Waals surface area contributed by atoms with Gasteiger partial charge in [0.2, 0.25) is 17.2 Å². The smallest absolute Gasteiger partial charge is 0.211 e. The molecule has 1 aromatic rings. The van der Waals surface area contributed by atoms with Gasteiger partial charge < -0.3 is 24.4 Å². The van der Waals surface area contributed by atoms with Gasteiger partial charge in [0.25, 0.3) is 0 Å². The first-order valence-corrected chi connectivity index (χ1v) is 20.6. The van der Waals surface area contributed by atoms with Gasteiger partial charge in [-0.2, -0.15) is 0 Å². The molecule has 0 saturated carbocycles. The van der Waals surface area contributed by atoms with Gasteiger partial charge in [-0.15, -0.1) is 0 Å². The van der Waals surface area contributed by atoms with Crippen LogP contribution in [0.3, 0.4) is 0 Å². The van der Waals surface area contributed by atoms with E-state index in [1.54, 1.807) is 0 Å². The van der Waals surface area contributed by atoms with Crippen molar-refractivity contribution in [3.63, 3.8) is 0 Å². The first-order valence-electron chi connectivity index (χ1n) is 20.6. The lowest BCUT2D eigenvalue weighted by Gasteiger charge is -2.22. The first kappa shape index (κ1) is 43.2. The third-order valence-electron chi connectivity index (χ3n) is 9.42. The standard InChI is InChI=1S/C42H78O5/c1-5-9-13-17-21-25-29-33-37-38(43)39(44)41(46-35-31-27-23-19-15-11-7-3)42(47-36-32-28-24-20-16-12-8-4)40(37)45-34-30-26-22-18-14-10-6-2/h43-44H,5-36H2,1-4H3. The number of rotatable bonds is 35. The molecule has 0 unspecified atom stereocenters. The van der Waals surface area contributed by atoms with Gasteiger partial charge >= 0.3 is 0 Å². The summed E-state index contributed by atoms with van der Waals surface area (Å²) in [5.74, 6) is 1.06. The molecular formula is C42H78O5. The van der Waals surface area contributed by atoms with Crippen molar-refractivity contribution in [2.24, 2.45) is 0 Å². The van der Waals surface area contributed by atoms with Crippen molar-refractivity contribution < 1.29 is 24.4 Å². The van der Waals surface area contributed by atoms with Gasteiger partial charge in [-0.25, -0.2) is 0 Å². The molecule has 276 valence electrons. The molecule has 0 spiro atoms. The third-order valence-corrected chi connectivity index (χ3v) is 9.42. The minimum absolute atomic E-state index is 0.0941. The van der Waals surface area contributed by atoms with E-state index in [0.717, 1.165) is 51.4 Å². The van der Waals surface area contributed by atoms with Crippen molar-refractivity contribution in [1.29, 1.82) is 0 Å². The van der Waals surface area contributed by atoms with Crippen molar-refractivity contribution >= 4 is 0 Å². The summed E-state index contributed by atoms with van der Waals surface area (Å²) in [5.41, 5.74) is 0.678. The lowest BCUT2D eigenvalue weighted by Crippen LogP contribution is -2.09. The topological polar surface area (TPSA) is 68.2 Å². The second-order valence-electron chi connectivity index (χ2n) is 13.9. The number of phenolic OH excluding ortho intramolecular Hbond substituents is 2. The maximum absolute atomic E-state index is 11.3. The van der Waals surface area contributed by atoms with Gasteiger partial charge in [0, 0.05) is 5.56 Å². The van der Waals surface area contributed by atoms with Crippen LogP contribution in [0.1, 0.15) is 213 Å². The van der Waals surface area contributed by atoms with Gasteiger partial charge in [0.1, 0.15) is 0 Å². The van der Waals surface area contributed by atoms with Crippen LogP contribution < -0.4 is 14.2 Å². The average molecular weight is 663 g/mol. The van der Waals surface area contributed by atoms with Crippen LogP contribution in [0.15, 0.2) is 0 Å². The molecular weight excluding hydrogens is 584 g/mol. The fourth-order valence-electron chi connectivity index (χ4n) is 6.31. The van der Waals surface area contributed by atoms with Crippen LogP contribution >= 0.6 is 0 Å². The van der Waals surface area contributed by atoms with Crippen LogP contribution in [-0.4, -0.2) is 30.0 Å². The summed E-state index contributed by atoms with van der Waals surface area (Å²) in [6, 6.07) is 0. The SMILES string of the molecule is CCCCCCCCCOc1c(O)c(O)c(CCCCCCCCC)c(OCCCCCCCCC)c1OCCCCCCCCC. The number of aromatic hydroxyl groups is 2. The molecule has 5 heteroatoms. The molecule has 0 aromatic heterocycles. The molecule has 0 atom stereocenters. The average Bonchev–Trinajstić information content (AvgIpc) is 3.08. The summed E-state index contributed by atoms with van der Waals surface area (Å²) < 4.78 is 19.2. The van der Waals surface area contributed by atoms with E-state index in [4.69, 9.17) is 14.2 Å². The fourth-order valence-corrected chi connectivity index (χ4v) is 6.31. The van der Waals surface area contributed by atoms with Crippen molar-refractivity contribution in [2.45, 2.75) is 214 Å². The van der Waals surface area contributed by atoms with E-state index in [-0.39, 0.29) is 17.2 Å². The van der Waals surface area contributed by atoms with Crippen molar-refractivity contribution in [3.8, 4) is 28.7 Å². The van der Waals surface area contributed by atoms with Crippen molar-refractivity contribution in [3.05, 3.63) is 5.56 Å². The fraction of sp³-hybridized carbons (Fsp3) is 0.857. The van der Waals surface area contributed by atoms with Gasteiger partial charge in [0.05, 0.1) is 19.8 Å². The number of ether oxygens (including phenoxy) is 3. The Labute approximate surface area is 291 Å². The van der Waals surface area contributed by atoms with E-state index in [0.29, 0.717) is 43.3 Å². The van der Waals surface area contributed by atoms with Crippen LogP contribution in [-0.2, 0) is 6.42 Å². The Balaban J connectivity index is 3.07. The maximum atomic E-state index is 11.3. The Hall–Kier alpha value is -1.78. The Kier molecular flexibility index (Phi) is 29.0. The van der Waals surface area contributed by atoms with Gasteiger partial charge in [0.15, 0.2) is 11.5 Å². The second kappa shape index (κ2) is 31.5. The largest absolute Gasteiger partial charge is 0.504 e. The summed E-state index contributed by atoms with van der Waals surface area (Å²) in [6.07, 6.45) is 34.3. The zero-order chi connectivity index (χ0) is 34.2. The molecule has 0 aliphatic rings. The summed E-state index contributed by atoms with van der Waals surface area (Å²) >= 11 is 0. The zero-order valence-electron chi connectivity index (χ0n) is 31.7. The Morgan fingerprint density at radius 2 is 0.617 bits per heavy atom. The lowest BCUT2D eigenvalue weighted by atomic mass is 10.0. The van der Waals surface area contributed by atoms with Gasteiger partial charge in [-0.05, 0) is 32.1 Å². The zero-order valence-corrected chi connectivity index (χ0v) is 31.7. The summed E-state index contributed by atoms with van der Waals surface area (Å²) in [6.45, 7) is 10.6. The minimum atomic E-state index is -0.191. The maximum Gasteiger partial charge on any atom is 0.211 e. The molecule has 0 fully saturated rings. The predicted octanol–water partition coefficient (Wildman–Crippen LogP) is 13.8. The summed E-state index contributed by atoms with van der Waals surface area (Å²) in [5, 5.41) is 22.7. The predicted molar refractivity (Wildman–Crippen MR) is 202 cm³/mol. The number of benzene rings is 1. The number of phenols is 2. The Morgan fingerprint density at radius 1 is 0.319 bits per heavy atom. The Morgan fingerprint density at radius 3 is 1.00 bits per heavy atom. The molecule has 2 N–H and O–H groups in total. The molecule has 0 amide bonds. The number of hydrogen-bond acceptors (Lipinski definition) is 5. The quantitative estimate of drug-likeness (QED) is 0.0559. The highest BCUT2D eigenvalue weighted by Crippen LogP contribution is 2.53. The molecule has 1 rings (SSSR count). The normalized spacial score (nSPS) is 11.3. The molecule has 1 aromatic carbocycles. The molecule has 0 bridgehead atoms. The van der Waals surface area contributed by atoms with Crippen LogP contribution in [0.5, 0.6) is 28.7 Å². The highest BCUT2D eigenvalue weighted by atomic mass is 16.5. The summed E-state index contributed by atoms with van der Waals surface area (Å²) in [7, 11) is 0. The van der Waals surface area contributed by atoms with E-state index in [1.165, 1.54) is 128 Å². The second-order valence-corrected chi connectivity index (χ2v) is 13.9. The van der Waals surface area contributed by atoms with E-state index >= 15 is 0 Å². The molecule has 0 saturated heterocycles. The third kappa shape index (κ3) is 21.0. The van der Waals surface area contributed by atoms with E-state index in [2.05, 4.69) is 27.7 Å². The lowest BCUT2D eigenvalue weighted by molar-refractivity contribution is 0.222. The highest BCUT2D eigenvalue weighted by molar-refractivity contribution is 5.69. The Bertz CT molecular complexity index is 839. The van der Waals surface area contributed by atoms with Crippen molar-refractivity contribution in [1.82, 2.24) is 0 Å². The number of hydrogen-bond donors (Lipinski definition) is 2. The van der Waals surface area contributed by atoms with Crippen LogP contribution in [0.25, 0.3) is 0 Å². The van der Waals surface area contributed by atoms with E-state index < -0.39 is 0 Å². The van der Waals surface area contributed by atoms with Crippen LogP contribution in [0.2, 0.25) is 0 Å². The molecule has 0 aliphatic carbocycles. The molecule has 5 nitrogen and oxygen atoms in total. The summed E-state index contributed by atoms with van der Waals surface area (Å²) in [4.78, 5) is 0. The minimum Gasteiger partial charge on any atom is -0.504 e. The van der Waals surface area contributed by atoms with Crippen LogP contribution in [0, 0.1) is 0 Å².